The van der Waals surface area contributed by atoms with E-state index >= 15 is 0 Å². The summed E-state index contributed by atoms with van der Waals surface area (Å²) in [5.41, 5.74) is 10.4. The van der Waals surface area contributed by atoms with Crippen LogP contribution in [0.4, 0.5) is 0 Å². The highest BCUT2D eigenvalue weighted by molar-refractivity contribution is 6.00. The molecule has 3 atom stereocenters. The highest BCUT2D eigenvalue weighted by atomic mass is 16.7. The minimum atomic E-state index is -0.471. The van der Waals surface area contributed by atoms with Gasteiger partial charge >= 0.3 is 5.97 Å². The maximum atomic E-state index is 12.5. The van der Waals surface area contributed by atoms with Crippen molar-refractivity contribution in [1.29, 1.82) is 0 Å². The van der Waals surface area contributed by atoms with Crippen molar-refractivity contribution in [2.45, 2.75) is 32.2 Å². The Labute approximate surface area is 210 Å². The van der Waals surface area contributed by atoms with E-state index in [1.807, 2.05) is 55.5 Å². The third-order valence-corrected chi connectivity index (χ3v) is 6.90. The summed E-state index contributed by atoms with van der Waals surface area (Å²) in [6.07, 6.45) is 13.7. The van der Waals surface area contributed by atoms with Crippen LogP contribution < -0.4 is 19.9 Å². The van der Waals surface area contributed by atoms with E-state index in [0.717, 1.165) is 36.0 Å². The first-order chi connectivity index (χ1) is 17.5. The van der Waals surface area contributed by atoms with Gasteiger partial charge in [0.15, 0.2) is 17.3 Å². The molecule has 3 unspecified atom stereocenters. The van der Waals surface area contributed by atoms with Gasteiger partial charge in [0.05, 0.1) is 0 Å². The van der Waals surface area contributed by atoms with E-state index in [4.69, 9.17) is 19.9 Å². The number of para-hydroxylation sites is 1. The van der Waals surface area contributed by atoms with Crippen molar-refractivity contribution >= 4 is 23.9 Å². The van der Waals surface area contributed by atoms with Gasteiger partial charge in [-0.15, -0.1) is 0 Å². The van der Waals surface area contributed by atoms with Gasteiger partial charge in [0.1, 0.15) is 5.75 Å². The van der Waals surface area contributed by atoms with Gasteiger partial charge in [-0.2, -0.15) is 0 Å². The fourth-order valence-electron chi connectivity index (χ4n) is 4.90. The average Bonchev–Trinajstić information content (AvgIpc) is 3.55. The fourth-order valence-corrected chi connectivity index (χ4v) is 4.90. The lowest BCUT2D eigenvalue weighted by Gasteiger charge is -2.24. The standard InChI is InChI=1S/C30H29NO5/c1-19-4-2-6-25(29(19)33)28(31)23-11-8-21(17-23)16-20-9-13-24(14-10-20)36-27(32)15-12-22-5-3-7-26-30(22)35-18-34-26/h2-7,9-10,12-16,19,23,28H,8,11,17-18,31H2,1H3/b15-12+,21-16+. The summed E-state index contributed by atoms with van der Waals surface area (Å²) in [5.74, 6) is 1.59. The molecule has 184 valence electrons. The highest BCUT2D eigenvalue weighted by Gasteiger charge is 2.31. The third-order valence-electron chi connectivity index (χ3n) is 6.90. The summed E-state index contributed by atoms with van der Waals surface area (Å²) in [6, 6.07) is 12.7. The van der Waals surface area contributed by atoms with Crippen molar-refractivity contribution in [2.24, 2.45) is 17.6 Å². The Morgan fingerprint density at radius 2 is 2.00 bits per heavy atom. The number of allylic oxidation sites excluding steroid dienone is 4. The van der Waals surface area contributed by atoms with Crippen molar-refractivity contribution < 1.29 is 23.8 Å². The molecule has 2 aromatic carbocycles. The van der Waals surface area contributed by atoms with Gasteiger partial charge in [0, 0.05) is 29.2 Å². The van der Waals surface area contributed by atoms with E-state index in [0.29, 0.717) is 17.2 Å². The van der Waals surface area contributed by atoms with Crippen LogP contribution in [0.25, 0.3) is 12.2 Å². The van der Waals surface area contributed by atoms with E-state index < -0.39 is 5.97 Å². The maximum Gasteiger partial charge on any atom is 0.336 e. The van der Waals surface area contributed by atoms with Crippen LogP contribution in [-0.4, -0.2) is 24.6 Å². The lowest BCUT2D eigenvalue weighted by molar-refractivity contribution is -0.128. The number of Topliss-reactive ketones (excluding diaryl/α,β-unsaturated/α-hetero) is 1. The van der Waals surface area contributed by atoms with Crippen LogP contribution >= 0.6 is 0 Å². The lowest BCUT2D eigenvalue weighted by atomic mass is 9.83. The molecule has 0 spiro atoms. The molecular weight excluding hydrogens is 454 g/mol. The van der Waals surface area contributed by atoms with Crippen LogP contribution in [-0.2, 0) is 9.59 Å². The van der Waals surface area contributed by atoms with E-state index in [2.05, 4.69) is 6.08 Å². The second-order valence-electron chi connectivity index (χ2n) is 9.40. The Morgan fingerprint density at radius 3 is 2.83 bits per heavy atom. The normalized spacial score (nSPS) is 22.8. The van der Waals surface area contributed by atoms with Crippen molar-refractivity contribution in [3.8, 4) is 17.2 Å². The summed E-state index contributed by atoms with van der Waals surface area (Å²) < 4.78 is 16.2. The number of ether oxygens (including phenoxy) is 3. The minimum Gasteiger partial charge on any atom is -0.454 e. The van der Waals surface area contributed by atoms with Crippen molar-refractivity contribution in [2.75, 3.05) is 6.79 Å². The molecule has 0 radical (unpaired) electrons. The zero-order chi connectivity index (χ0) is 25.1. The molecule has 0 amide bonds. The Kier molecular flexibility index (Phi) is 6.87. The predicted molar refractivity (Wildman–Crippen MR) is 138 cm³/mol. The summed E-state index contributed by atoms with van der Waals surface area (Å²) in [7, 11) is 0. The predicted octanol–water partition coefficient (Wildman–Crippen LogP) is 5.25. The van der Waals surface area contributed by atoms with E-state index in [9.17, 15) is 9.59 Å². The van der Waals surface area contributed by atoms with E-state index in [1.165, 1.54) is 11.6 Å². The summed E-state index contributed by atoms with van der Waals surface area (Å²) >= 11 is 0. The molecule has 1 aliphatic heterocycles. The Hall–Kier alpha value is -3.90. The number of esters is 1. The van der Waals surface area contributed by atoms with Crippen molar-refractivity contribution in [3.63, 3.8) is 0 Å². The number of nitrogens with two attached hydrogens (primary N) is 1. The first-order valence-electron chi connectivity index (χ1n) is 12.2. The molecule has 1 fully saturated rings. The first-order valence-corrected chi connectivity index (χ1v) is 12.2. The van der Waals surface area contributed by atoms with Crippen LogP contribution in [0.15, 0.2) is 77.9 Å². The molecule has 6 nitrogen and oxygen atoms in total. The summed E-state index contributed by atoms with van der Waals surface area (Å²) in [4.78, 5) is 24.8. The van der Waals surface area contributed by atoms with Gasteiger partial charge in [0.2, 0.25) is 6.79 Å². The van der Waals surface area contributed by atoms with Crippen molar-refractivity contribution in [3.05, 3.63) is 89.0 Å². The molecule has 0 saturated heterocycles. The molecular formula is C30H29NO5. The monoisotopic (exact) mass is 483 g/mol. The number of hydrogen-bond acceptors (Lipinski definition) is 6. The van der Waals surface area contributed by atoms with Gasteiger partial charge < -0.3 is 19.9 Å². The smallest absolute Gasteiger partial charge is 0.336 e. The fraction of sp³-hybridized carbons (Fsp3) is 0.267. The summed E-state index contributed by atoms with van der Waals surface area (Å²) in [6.45, 7) is 2.09. The van der Waals surface area contributed by atoms with Gasteiger partial charge in [-0.1, -0.05) is 61.1 Å². The zero-order valence-corrected chi connectivity index (χ0v) is 20.2. The van der Waals surface area contributed by atoms with Gasteiger partial charge in [0.25, 0.3) is 0 Å². The molecule has 2 aromatic rings. The lowest BCUT2D eigenvalue weighted by Crippen LogP contribution is -2.36. The molecule has 2 aliphatic carbocycles. The number of hydrogen-bond donors (Lipinski definition) is 1. The summed E-state index contributed by atoms with van der Waals surface area (Å²) in [5, 5.41) is 0. The maximum absolute atomic E-state index is 12.5. The molecule has 36 heavy (non-hydrogen) atoms. The molecule has 1 saturated carbocycles. The van der Waals surface area contributed by atoms with Crippen LogP contribution in [0.1, 0.15) is 37.3 Å². The molecule has 0 bridgehead atoms. The van der Waals surface area contributed by atoms with Crippen LogP contribution in [0.5, 0.6) is 17.2 Å². The number of carbonyl (C=O) groups excluding carboxylic acids is 2. The number of rotatable bonds is 6. The number of ketones is 1. The van der Waals surface area contributed by atoms with Gasteiger partial charge in [-0.3, -0.25) is 4.79 Å². The molecule has 3 aliphatic rings. The quantitative estimate of drug-likeness (QED) is 0.343. The molecule has 2 N–H and O–H groups in total. The average molecular weight is 484 g/mol. The largest absolute Gasteiger partial charge is 0.454 e. The third kappa shape index (κ3) is 5.19. The van der Waals surface area contributed by atoms with Crippen LogP contribution in [0.2, 0.25) is 0 Å². The highest BCUT2D eigenvalue weighted by Crippen LogP contribution is 2.37. The second kappa shape index (κ2) is 10.4. The molecule has 0 aromatic heterocycles. The number of carbonyl (C=O) groups is 2. The van der Waals surface area contributed by atoms with Crippen molar-refractivity contribution in [1.82, 2.24) is 0 Å². The first kappa shape index (κ1) is 23.8. The number of benzene rings is 2. The van der Waals surface area contributed by atoms with Crippen LogP contribution in [0, 0.1) is 11.8 Å². The molecule has 1 heterocycles. The van der Waals surface area contributed by atoms with Gasteiger partial charge in [-0.05, 0) is 55.0 Å². The SMILES string of the molecule is CC1C=CC=C(C(N)C2CC/C(=C\c3ccc(OC(=O)/C=C/c4cccc5c4OCO5)cc3)C2)C1=O. The zero-order valence-electron chi connectivity index (χ0n) is 20.2. The second-order valence-corrected chi connectivity index (χ2v) is 9.40. The van der Waals surface area contributed by atoms with Gasteiger partial charge in [-0.25, -0.2) is 4.79 Å². The topological polar surface area (TPSA) is 87.8 Å². The Morgan fingerprint density at radius 1 is 1.17 bits per heavy atom. The van der Waals surface area contributed by atoms with Crippen LogP contribution in [0.3, 0.4) is 0 Å². The Balaban J connectivity index is 1.17. The Bertz CT molecular complexity index is 1280. The molecule has 6 heteroatoms. The minimum absolute atomic E-state index is 0.0989. The number of fused-ring (bicyclic) bond motifs is 1. The molecule has 5 rings (SSSR count). The van der Waals surface area contributed by atoms with E-state index in [-0.39, 0.29) is 30.5 Å². The van der Waals surface area contributed by atoms with E-state index in [1.54, 1.807) is 18.2 Å².